The van der Waals surface area contributed by atoms with Crippen LogP contribution < -0.4 is 0 Å². The standard InChI is InChI=1S/C19H23N3O2/c1-21-13-17(12-20-21)19(24)22-11-5-8-16(14-22)18(23)10-9-15-6-3-2-4-7-15/h2-4,6-7,12-13,16H,5,8-11,14H2,1H3/t16-/m0/s1. The zero-order chi connectivity index (χ0) is 16.9. The molecule has 1 aromatic heterocycles. The third kappa shape index (κ3) is 3.91. The Kier molecular flexibility index (Phi) is 5.08. The van der Waals surface area contributed by atoms with Crippen LogP contribution >= 0.6 is 0 Å². The SMILES string of the molecule is Cn1cc(C(=O)N2CCC[C@H](C(=O)CCc3ccccc3)C2)cn1. The highest BCUT2D eigenvalue weighted by Crippen LogP contribution is 2.21. The van der Waals surface area contributed by atoms with Crippen molar-refractivity contribution in [1.82, 2.24) is 14.7 Å². The number of aryl methyl sites for hydroxylation is 2. The molecule has 0 unspecified atom stereocenters. The minimum absolute atomic E-state index is 0.0244. The largest absolute Gasteiger partial charge is 0.338 e. The minimum Gasteiger partial charge on any atom is -0.338 e. The summed E-state index contributed by atoms with van der Waals surface area (Å²) in [5.41, 5.74) is 1.78. The predicted molar refractivity (Wildman–Crippen MR) is 91.6 cm³/mol. The second kappa shape index (κ2) is 7.43. The molecule has 0 N–H and O–H groups in total. The molecule has 1 aliphatic rings. The number of rotatable bonds is 5. The minimum atomic E-state index is -0.0388. The van der Waals surface area contributed by atoms with E-state index in [4.69, 9.17) is 0 Å². The number of carbonyl (C=O) groups is 2. The number of nitrogens with zero attached hydrogens (tertiary/aromatic N) is 3. The summed E-state index contributed by atoms with van der Waals surface area (Å²) in [5, 5.41) is 4.05. The van der Waals surface area contributed by atoms with Crippen molar-refractivity contribution in [1.29, 1.82) is 0 Å². The molecule has 1 amide bonds. The number of hydrogen-bond donors (Lipinski definition) is 0. The Morgan fingerprint density at radius 2 is 2.04 bits per heavy atom. The average molecular weight is 325 g/mol. The number of benzene rings is 1. The average Bonchev–Trinajstić information content (AvgIpc) is 3.06. The monoisotopic (exact) mass is 325 g/mol. The lowest BCUT2D eigenvalue weighted by atomic mass is 9.90. The topological polar surface area (TPSA) is 55.2 Å². The van der Waals surface area contributed by atoms with Crippen LogP contribution in [0.3, 0.4) is 0 Å². The molecule has 1 aromatic carbocycles. The van der Waals surface area contributed by atoms with Crippen molar-refractivity contribution in [2.24, 2.45) is 13.0 Å². The maximum atomic E-state index is 12.5. The Morgan fingerprint density at radius 1 is 1.25 bits per heavy atom. The molecule has 0 spiro atoms. The first-order valence-corrected chi connectivity index (χ1v) is 8.48. The Labute approximate surface area is 142 Å². The van der Waals surface area contributed by atoms with E-state index in [1.807, 2.05) is 30.3 Å². The van der Waals surface area contributed by atoms with E-state index < -0.39 is 0 Å². The number of ketones is 1. The second-order valence-electron chi connectivity index (χ2n) is 6.44. The lowest BCUT2D eigenvalue weighted by Crippen LogP contribution is -2.42. The predicted octanol–water partition coefficient (Wildman–Crippen LogP) is 2.47. The molecule has 24 heavy (non-hydrogen) atoms. The van der Waals surface area contributed by atoms with Crippen LogP contribution in [-0.4, -0.2) is 39.5 Å². The molecule has 3 rings (SSSR count). The Hall–Kier alpha value is -2.43. The molecule has 1 aliphatic heterocycles. The zero-order valence-corrected chi connectivity index (χ0v) is 14.0. The number of aromatic nitrogens is 2. The van der Waals surface area contributed by atoms with Gasteiger partial charge in [0.05, 0.1) is 11.8 Å². The fourth-order valence-corrected chi connectivity index (χ4v) is 3.25. The summed E-state index contributed by atoms with van der Waals surface area (Å²) in [6, 6.07) is 10.1. The quantitative estimate of drug-likeness (QED) is 0.848. The molecule has 5 heteroatoms. The number of carbonyl (C=O) groups excluding carboxylic acids is 2. The van der Waals surface area contributed by atoms with Crippen LogP contribution in [0.4, 0.5) is 0 Å². The van der Waals surface area contributed by atoms with Crippen LogP contribution in [0.2, 0.25) is 0 Å². The maximum absolute atomic E-state index is 12.5. The van der Waals surface area contributed by atoms with Gasteiger partial charge in [-0.1, -0.05) is 30.3 Å². The summed E-state index contributed by atoms with van der Waals surface area (Å²) in [5.74, 6) is 0.203. The molecule has 0 radical (unpaired) electrons. The molecule has 5 nitrogen and oxygen atoms in total. The molecule has 1 fully saturated rings. The van der Waals surface area contributed by atoms with Gasteiger partial charge in [-0.2, -0.15) is 5.10 Å². The van der Waals surface area contributed by atoms with E-state index >= 15 is 0 Å². The molecule has 2 heterocycles. The highest BCUT2D eigenvalue weighted by molar-refractivity contribution is 5.94. The molecular formula is C19H23N3O2. The summed E-state index contributed by atoms with van der Waals surface area (Å²) in [6.45, 7) is 1.25. The van der Waals surface area contributed by atoms with Crippen LogP contribution in [0, 0.1) is 5.92 Å². The molecule has 2 aromatic rings. The molecule has 1 saturated heterocycles. The van der Waals surface area contributed by atoms with Crippen molar-refractivity contribution in [3.05, 3.63) is 53.9 Å². The summed E-state index contributed by atoms with van der Waals surface area (Å²) in [6.07, 6.45) is 6.39. The summed E-state index contributed by atoms with van der Waals surface area (Å²) in [7, 11) is 1.79. The van der Waals surface area contributed by atoms with E-state index in [0.29, 0.717) is 18.5 Å². The summed E-state index contributed by atoms with van der Waals surface area (Å²) >= 11 is 0. The lowest BCUT2D eigenvalue weighted by molar-refractivity contribution is -0.124. The third-order valence-electron chi connectivity index (χ3n) is 4.62. The van der Waals surface area contributed by atoms with Crippen LogP contribution in [-0.2, 0) is 18.3 Å². The Bertz CT molecular complexity index is 708. The first-order chi connectivity index (χ1) is 11.6. The fraction of sp³-hybridized carbons (Fsp3) is 0.421. The van der Waals surface area contributed by atoms with Gasteiger partial charge in [0.1, 0.15) is 5.78 Å². The molecule has 0 saturated carbocycles. The number of piperidine rings is 1. The third-order valence-corrected chi connectivity index (χ3v) is 4.62. The Balaban J connectivity index is 1.56. The number of amides is 1. The van der Waals surface area contributed by atoms with Crippen molar-refractivity contribution in [2.45, 2.75) is 25.7 Å². The van der Waals surface area contributed by atoms with E-state index in [2.05, 4.69) is 5.10 Å². The highest BCUT2D eigenvalue weighted by atomic mass is 16.2. The lowest BCUT2D eigenvalue weighted by Gasteiger charge is -2.31. The number of likely N-dealkylation sites (tertiary alicyclic amines) is 1. The van der Waals surface area contributed by atoms with Gasteiger partial charge in [-0.25, -0.2) is 0 Å². The summed E-state index contributed by atoms with van der Waals surface area (Å²) in [4.78, 5) is 26.8. The molecule has 0 bridgehead atoms. The van der Waals surface area contributed by atoms with Crippen LogP contribution in [0.25, 0.3) is 0 Å². The van der Waals surface area contributed by atoms with E-state index in [1.165, 1.54) is 5.56 Å². The van der Waals surface area contributed by atoms with Gasteiger partial charge in [-0.05, 0) is 24.8 Å². The van der Waals surface area contributed by atoms with Crippen molar-refractivity contribution in [3.8, 4) is 0 Å². The van der Waals surface area contributed by atoms with Gasteiger partial charge >= 0.3 is 0 Å². The van der Waals surface area contributed by atoms with Crippen molar-refractivity contribution in [3.63, 3.8) is 0 Å². The van der Waals surface area contributed by atoms with Gasteiger partial charge in [0, 0.05) is 38.7 Å². The molecule has 126 valence electrons. The maximum Gasteiger partial charge on any atom is 0.257 e. The molecule has 1 atom stereocenters. The van der Waals surface area contributed by atoms with Gasteiger partial charge in [0.15, 0.2) is 0 Å². The van der Waals surface area contributed by atoms with Gasteiger partial charge in [0.25, 0.3) is 5.91 Å². The van der Waals surface area contributed by atoms with E-state index in [9.17, 15) is 9.59 Å². The van der Waals surface area contributed by atoms with Crippen molar-refractivity contribution in [2.75, 3.05) is 13.1 Å². The van der Waals surface area contributed by atoms with Gasteiger partial charge < -0.3 is 4.90 Å². The van der Waals surface area contributed by atoms with Crippen molar-refractivity contribution >= 4 is 11.7 Å². The van der Waals surface area contributed by atoms with Gasteiger partial charge in [-0.3, -0.25) is 14.3 Å². The van der Waals surface area contributed by atoms with Crippen molar-refractivity contribution < 1.29 is 9.59 Å². The highest BCUT2D eigenvalue weighted by Gasteiger charge is 2.28. The van der Waals surface area contributed by atoms with E-state index in [-0.39, 0.29) is 17.6 Å². The van der Waals surface area contributed by atoms with Gasteiger partial charge in [-0.15, -0.1) is 0 Å². The van der Waals surface area contributed by atoms with Crippen LogP contribution in [0.5, 0.6) is 0 Å². The first-order valence-electron chi connectivity index (χ1n) is 8.48. The van der Waals surface area contributed by atoms with Gasteiger partial charge in [0.2, 0.25) is 0 Å². The van der Waals surface area contributed by atoms with E-state index in [0.717, 1.165) is 25.8 Å². The van der Waals surface area contributed by atoms with Crippen LogP contribution in [0.15, 0.2) is 42.7 Å². The van der Waals surface area contributed by atoms with Crippen LogP contribution in [0.1, 0.15) is 35.2 Å². The second-order valence-corrected chi connectivity index (χ2v) is 6.44. The number of Topliss-reactive ketones (excluding diaryl/α,β-unsaturated/α-hetero) is 1. The smallest absolute Gasteiger partial charge is 0.257 e. The normalized spacial score (nSPS) is 17.7. The molecular weight excluding hydrogens is 302 g/mol. The first kappa shape index (κ1) is 16.4. The van der Waals surface area contributed by atoms with E-state index in [1.54, 1.807) is 29.0 Å². The Morgan fingerprint density at radius 3 is 2.75 bits per heavy atom. The number of hydrogen-bond acceptors (Lipinski definition) is 3. The zero-order valence-electron chi connectivity index (χ0n) is 14.0. The fourth-order valence-electron chi connectivity index (χ4n) is 3.25. The molecule has 0 aliphatic carbocycles. The summed E-state index contributed by atoms with van der Waals surface area (Å²) < 4.78 is 1.62.